The first-order valence-corrected chi connectivity index (χ1v) is 3.56. The average Bonchev–Trinajstić information content (AvgIpc) is 1.88. The molecular weight excluding hydrogens is 128 g/mol. The molecule has 1 rings (SSSR count). The number of carbonyl (C=O) groups is 1. The van der Waals surface area contributed by atoms with Crippen molar-refractivity contribution in [3.05, 3.63) is 11.6 Å². The molecule has 0 amide bonds. The van der Waals surface area contributed by atoms with Crippen LogP contribution in [0, 0.1) is 5.92 Å². The molecule has 0 saturated heterocycles. The van der Waals surface area contributed by atoms with E-state index in [9.17, 15) is 4.79 Å². The van der Waals surface area contributed by atoms with E-state index in [-0.39, 0.29) is 18.3 Å². The van der Waals surface area contributed by atoms with Gasteiger partial charge in [0.25, 0.3) is 0 Å². The van der Waals surface area contributed by atoms with Crippen LogP contribution in [0.25, 0.3) is 0 Å². The van der Waals surface area contributed by atoms with Gasteiger partial charge in [0.2, 0.25) is 0 Å². The summed E-state index contributed by atoms with van der Waals surface area (Å²) in [7, 11) is 0. The second-order valence-electron chi connectivity index (χ2n) is 2.77. The number of carbonyl (C=O) groups excluding carboxylic acids is 1. The lowest BCUT2D eigenvalue weighted by atomic mass is 9.89. The third kappa shape index (κ3) is 1.45. The molecule has 1 aliphatic rings. The van der Waals surface area contributed by atoms with Gasteiger partial charge in [-0.25, -0.2) is 0 Å². The Morgan fingerprint density at radius 1 is 1.80 bits per heavy atom. The summed E-state index contributed by atoms with van der Waals surface area (Å²) in [5.41, 5.74) is 1.03. The molecule has 56 valence electrons. The Kier molecular flexibility index (Phi) is 2.22. The first-order chi connectivity index (χ1) is 4.74. The van der Waals surface area contributed by atoms with Crippen LogP contribution in [0.3, 0.4) is 0 Å². The fourth-order valence-corrected chi connectivity index (χ4v) is 1.22. The molecule has 1 atom stereocenters. The lowest BCUT2D eigenvalue weighted by Crippen LogP contribution is -2.15. The topological polar surface area (TPSA) is 37.3 Å². The normalized spacial score (nSPS) is 26.4. The first-order valence-electron chi connectivity index (χ1n) is 3.56. The quantitative estimate of drug-likeness (QED) is 0.587. The number of aliphatic hydroxyl groups is 1. The minimum atomic E-state index is 0.176. The van der Waals surface area contributed by atoms with Gasteiger partial charge in [-0.3, -0.25) is 4.79 Å². The highest BCUT2D eigenvalue weighted by molar-refractivity contribution is 5.91. The van der Waals surface area contributed by atoms with E-state index in [1.807, 2.05) is 6.92 Å². The van der Waals surface area contributed by atoms with Crippen LogP contribution in [0.1, 0.15) is 19.8 Å². The lowest BCUT2D eigenvalue weighted by Gasteiger charge is -2.17. The van der Waals surface area contributed by atoms with Crippen molar-refractivity contribution in [2.24, 2.45) is 5.92 Å². The second-order valence-corrected chi connectivity index (χ2v) is 2.77. The number of ketones is 1. The van der Waals surface area contributed by atoms with Gasteiger partial charge in [0.05, 0.1) is 0 Å². The average molecular weight is 140 g/mol. The third-order valence-corrected chi connectivity index (χ3v) is 1.99. The summed E-state index contributed by atoms with van der Waals surface area (Å²) in [4.78, 5) is 10.8. The number of aliphatic hydroxyl groups excluding tert-OH is 1. The number of allylic oxidation sites excluding steroid dienone is 1. The van der Waals surface area contributed by atoms with Crippen molar-refractivity contribution in [2.45, 2.75) is 19.8 Å². The van der Waals surface area contributed by atoms with Crippen LogP contribution in [0.15, 0.2) is 11.6 Å². The molecule has 0 radical (unpaired) electrons. The molecule has 1 aliphatic carbocycles. The van der Waals surface area contributed by atoms with E-state index in [0.29, 0.717) is 6.42 Å². The largest absolute Gasteiger partial charge is 0.396 e. The fraction of sp³-hybridized carbons (Fsp3) is 0.625. The summed E-state index contributed by atoms with van der Waals surface area (Å²) < 4.78 is 0. The zero-order chi connectivity index (χ0) is 7.56. The van der Waals surface area contributed by atoms with E-state index < -0.39 is 0 Å². The van der Waals surface area contributed by atoms with E-state index >= 15 is 0 Å². The minimum absolute atomic E-state index is 0.176. The molecule has 0 heterocycles. The maximum absolute atomic E-state index is 10.8. The van der Waals surface area contributed by atoms with Crippen LogP contribution < -0.4 is 0 Å². The number of hydrogen-bond acceptors (Lipinski definition) is 2. The van der Waals surface area contributed by atoms with Gasteiger partial charge < -0.3 is 5.11 Å². The van der Waals surface area contributed by atoms with Gasteiger partial charge in [-0.2, -0.15) is 0 Å². The standard InChI is InChI=1S/C8H12O2/c1-6-4-8(10)3-2-7(6)5-9/h4,7,9H,2-3,5H2,1H3. The van der Waals surface area contributed by atoms with E-state index in [4.69, 9.17) is 5.11 Å². The molecule has 0 aliphatic heterocycles. The Labute approximate surface area is 60.6 Å². The number of hydrogen-bond donors (Lipinski definition) is 1. The highest BCUT2D eigenvalue weighted by Crippen LogP contribution is 2.21. The highest BCUT2D eigenvalue weighted by Gasteiger charge is 2.16. The molecule has 0 bridgehead atoms. The molecular formula is C8H12O2. The summed E-state index contributed by atoms with van der Waals surface area (Å²) in [5, 5.41) is 8.80. The van der Waals surface area contributed by atoms with Crippen molar-refractivity contribution in [3.63, 3.8) is 0 Å². The monoisotopic (exact) mass is 140 g/mol. The second kappa shape index (κ2) is 2.97. The highest BCUT2D eigenvalue weighted by atomic mass is 16.3. The first kappa shape index (κ1) is 7.48. The van der Waals surface area contributed by atoms with Crippen molar-refractivity contribution in [1.82, 2.24) is 0 Å². The fourth-order valence-electron chi connectivity index (χ4n) is 1.22. The Morgan fingerprint density at radius 2 is 2.50 bits per heavy atom. The molecule has 10 heavy (non-hydrogen) atoms. The summed E-state index contributed by atoms with van der Waals surface area (Å²) in [6.45, 7) is 2.08. The van der Waals surface area contributed by atoms with E-state index in [1.54, 1.807) is 6.08 Å². The third-order valence-electron chi connectivity index (χ3n) is 1.99. The van der Waals surface area contributed by atoms with E-state index in [2.05, 4.69) is 0 Å². The number of rotatable bonds is 1. The molecule has 0 spiro atoms. The molecule has 0 aromatic rings. The van der Waals surface area contributed by atoms with Gasteiger partial charge in [0.15, 0.2) is 5.78 Å². The van der Waals surface area contributed by atoms with Crippen molar-refractivity contribution >= 4 is 5.78 Å². The molecule has 2 nitrogen and oxygen atoms in total. The zero-order valence-corrected chi connectivity index (χ0v) is 6.13. The van der Waals surface area contributed by atoms with Gasteiger partial charge in [-0.05, 0) is 19.4 Å². The predicted molar refractivity (Wildman–Crippen MR) is 38.6 cm³/mol. The van der Waals surface area contributed by atoms with Gasteiger partial charge in [-0.1, -0.05) is 5.57 Å². The van der Waals surface area contributed by atoms with Gasteiger partial charge >= 0.3 is 0 Å². The van der Waals surface area contributed by atoms with Crippen LogP contribution in [0.2, 0.25) is 0 Å². The zero-order valence-electron chi connectivity index (χ0n) is 6.13. The Morgan fingerprint density at radius 3 is 3.00 bits per heavy atom. The summed E-state index contributed by atoms with van der Waals surface area (Å²) >= 11 is 0. The van der Waals surface area contributed by atoms with E-state index in [0.717, 1.165) is 12.0 Å². The Balaban J connectivity index is 2.67. The maximum Gasteiger partial charge on any atom is 0.155 e. The van der Waals surface area contributed by atoms with Crippen LogP contribution in [-0.4, -0.2) is 17.5 Å². The minimum Gasteiger partial charge on any atom is -0.396 e. The summed E-state index contributed by atoms with van der Waals surface area (Å²) in [5.74, 6) is 0.430. The summed E-state index contributed by atoms with van der Waals surface area (Å²) in [6.07, 6.45) is 3.06. The van der Waals surface area contributed by atoms with Gasteiger partial charge in [0, 0.05) is 18.9 Å². The van der Waals surface area contributed by atoms with Crippen LogP contribution >= 0.6 is 0 Å². The van der Waals surface area contributed by atoms with Crippen LogP contribution in [0.4, 0.5) is 0 Å². The lowest BCUT2D eigenvalue weighted by molar-refractivity contribution is -0.115. The Hall–Kier alpha value is -0.630. The molecule has 0 fully saturated rings. The molecule has 0 aromatic heterocycles. The van der Waals surface area contributed by atoms with Gasteiger partial charge in [0.1, 0.15) is 0 Å². The maximum atomic E-state index is 10.8. The van der Waals surface area contributed by atoms with Crippen molar-refractivity contribution in [1.29, 1.82) is 0 Å². The van der Waals surface area contributed by atoms with Crippen LogP contribution in [-0.2, 0) is 4.79 Å². The molecule has 1 N–H and O–H groups in total. The van der Waals surface area contributed by atoms with E-state index in [1.165, 1.54) is 0 Å². The van der Waals surface area contributed by atoms with Crippen molar-refractivity contribution < 1.29 is 9.90 Å². The smallest absolute Gasteiger partial charge is 0.155 e. The molecule has 1 unspecified atom stereocenters. The van der Waals surface area contributed by atoms with Crippen molar-refractivity contribution in [2.75, 3.05) is 6.61 Å². The molecule has 0 saturated carbocycles. The predicted octanol–water partition coefficient (Wildman–Crippen LogP) is 0.904. The molecule has 2 heteroatoms. The SMILES string of the molecule is CC1=CC(=O)CCC1CO. The molecule has 0 aromatic carbocycles. The van der Waals surface area contributed by atoms with Gasteiger partial charge in [-0.15, -0.1) is 0 Å². The summed E-state index contributed by atoms with van der Waals surface area (Å²) in [6, 6.07) is 0. The van der Waals surface area contributed by atoms with Crippen LogP contribution in [0.5, 0.6) is 0 Å². The Bertz CT molecular complexity index is 170. The van der Waals surface area contributed by atoms with Crippen molar-refractivity contribution in [3.8, 4) is 0 Å².